The Morgan fingerprint density at radius 1 is 1.04 bits per heavy atom. The molecule has 0 N–H and O–H groups in total. The first-order chi connectivity index (χ1) is 25.6. The van der Waals surface area contributed by atoms with Crippen LogP contribution in [-0.4, -0.2) is 90.5 Å². The lowest BCUT2D eigenvalue weighted by molar-refractivity contribution is -0.153. The van der Waals surface area contributed by atoms with Gasteiger partial charge >= 0.3 is 12.1 Å². The molecule has 1 aliphatic heterocycles. The maximum Gasteiger partial charge on any atom is 0.410 e. The molecule has 0 aliphatic carbocycles. The Labute approximate surface area is 323 Å². The maximum atomic E-state index is 16.0. The molecule has 0 bridgehead atoms. The summed E-state index contributed by atoms with van der Waals surface area (Å²) in [4.78, 5) is 46.8. The summed E-state index contributed by atoms with van der Waals surface area (Å²) in [5.41, 5.74) is -1.05. The Morgan fingerprint density at radius 3 is 2.33 bits per heavy atom. The second kappa shape index (κ2) is 17.5. The van der Waals surface area contributed by atoms with E-state index in [9.17, 15) is 23.0 Å². The van der Waals surface area contributed by atoms with Gasteiger partial charge in [0.05, 0.1) is 23.0 Å². The van der Waals surface area contributed by atoms with E-state index < -0.39 is 81.1 Å². The molecule has 0 spiro atoms. The predicted octanol–water partition coefficient (Wildman–Crippen LogP) is 7.46. The Balaban J connectivity index is 1.92. The third-order valence-electron chi connectivity index (χ3n) is 8.98. The number of rotatable bonds is 13. The molecule has 1 aliphatic rings. The van der Waals surface area contributed by atoms with Gasteiger partial charge in [0.25, 0.3) is 5.91 Å². The quantitative estimate of drug-likeness (QED) is 0.130. The summed E-state index contributed by atoms with van der Waals surface area (Å²) >= 11 is 0. The minimum Gasteiger partial charge on any atom is -0.456 e. The van der Waals surface area contributed by atoms with E-state index in [0.717, 1.165) is 30.7 Å². The molecule has 15 heteroatoms. The molecule has 300 valence electrons. The van der Waals surface area contributed by atoms with Crippen molar-refractivity contribution in [3.63, 3.8) is 0 Å². The number of imidazole rings is 1. The van der Waals surface area contributed by atoms with Crippen LogP contribution in [0.2, 0.25) is 0 Å². The van der Waals surface area contributed by atoms with Crippen molar-refractivity contribution in [2.24, 2.45) is 15.7 Å². The van der Waals surface area contributed by atoms with E-state index in [-0.39, 0.29) is 49.7 Å². The van der Waals surface area contributed by atoms with Crippen LogP contribution in [0.5, 0.6) is 0 Å². The third kappa shape index (κ3) is 11.7. The van der Waals surface area contributed by atoms with Crippen LogP contribution < -0.4 is 0 Å². The van der Waals surface area contributed by atoms with E-state index in [1.165, 1.54) is 16.0 Å². The molecule has 1 aromatic heterocycles. The van der Waals surface area contributed by atoms with Gasteiger partial charge in [0, 0.05) is 50.5 Å². The van der Waals surface area contributed by atoms with Crippen LogP contribution >= 0.6 is 0 Å². The fourth-order valence-corrected chi connectivity index (χ4v) is 6.76. The Kier molecular flexibility index (Phi) is 13.8. The minimum absolute atomic E-state index is 0.0786. The highest BCUT2D eigenvalue weighted by atomic mass is 32.2. The number of carbonyl (C=O) groups is 3. The fraction of sp³-hybridized carbons (Fsp3) is 0.525. The zero-order valence-electron chi connectivity index (χ0n) is 33.0. The molecule has 4 unspecified atom stereocenters. The number of amides is 2. The van der Waals surface area contributed by atoms with Crippen molar-refractivity contribution >= 4 is 35.2 Å². The van der Waals surface area contributed by atoms with Crippen LogP contribution in [0.4, 0.5) is 18.0 Å². The first-order valence-corrected chi connectivity index (χ1v) is 19.2. The van der Waals surface area contributed by atoms with Gasteiger partial charge < -0.3 is 23.8 Å². The van der Waals surface area contributed by atoms with E-state index in [2.05, 4.69) is 4.40 Å². The monoisotopic (exact) mass is 787 g/mol. The first-order valence-electron chi connectivity index (χ1n) is 18.1. The van der Waals surface area contributed by atoms with Gasteiger partial charge in [-0.2, -0.15) is 4.40 Å². The van der Waals surface area contributed by atoms with Crippen molar-refractivity contribution in [2.45, 2.75) is 97.8 Å². The second-order valence-corrected chi connectivity index (χ2v) is 18.4. The number of esters is 1. The van der Waals surface area contributed by atoms with Crippen molar-refractivity contribution in [3.8, 4) is 11.3 Å². The average Bonchev–Trinajstić information content (AvgIpc) is 3.66. The summed E-state index contributed by atoms with van der Waals surface area (Å²) in [5, 5.41) is 0. The van der Waals surface area contributed by atoms with Gasteiger partial charge in [0.1, 0.15) is 40.2 Å². The molecular formula is C40H52F3N5O6S. The molecule has 11 nitrogen and oxygen atoms in total. The summed E-state index contributed by atoms with van der Waals surface area (Å²) in [5.74, 6) is -3.45. The summed E-state index contributed by atoms with van der Waals surface area (Å²) in [6, 6.07) is 11.3. The zero-order valence-corrected chi connectivity index (χ0v) is 33.8. The summed E-state index contributed by atoms with van der Waals surface area (Å²) < 4.78 is 74.8. The molecule has 4 atom stereocenters. The fourth-order valence-electron chi connectivity index (χ4n) is 6.23. The van der Waals surface area contributed by atoms with Crippen molar-refractivity contribution in [1.29, 1.82) is 0 Å². The number of likely N-dealkylation sites (tertiary alicyclic amines) is 1. The first kappa shape index (κ1) is 43.2. The topological polar surface area (TPSA) is 123 Å². The van der Waals surface area contributed by atoms with Crippen molar-refractivity contribution in [1.82, 2.24) is 19.4 Å². The third-order valence-corrected chi connectivity index (χ3v) is 10.4. The number of aromatic nitrogens is 2. The summed E-state index contributed by atoms with van der Waals surface area (Å²) in [7, 11) is -1.60. The van der Waals surface area contributed by atoms with Crippen molar-refractivity contribution in [2.75, 3.05) is 26.2 Å². The second-order valence-electron chi connectivity index (χ2n) is 16.5. The van der Waals surface area contributed by atoms with Crippen LogP contribution in [0.1, 0.15) is 86.2 Å². The molecule has 3 aromatic rings. The van der Waals surface area contributed by atoms with Crippen molar-refractivity contribution in [3.05, 3.63) is 77.8 Å². The van der Waals surface area contributed by atoms with Crippen molar-refractivity contribution < 1.29 is 41.2 Å². The number of nitrogens with zero attached hydrogens (tertiary/aromatic N) is 5. The van der Waals surface area contributed by atoms with Gasteiger partial charge in [0.15, 0.2) is 6.61 Å². The molecule has 0 saturated carbocycles. The number of ether oxygens (including phenoxy) is 2. The van der Waals surface area contributed by atoms with Crippen LogP contribution in [0.25, 0.3) is 11.3 Å². The summed E-state index contributed by atoms with van der Waals surface area (Å²) in [6.07, 6.45) is 0.955. The van der Waals surface area contributed by atoms with Gasteiger partial charge in [-0.05, 0) is 77.1 Å². The normalized spacial score (nSPS) is 17.6. The minimum atomic E-state index is -1.60. The molecule has 2 amide bonds. The van der Waals surface area contributed by atoms with Gasteiger partial charge in [0.2, 0.25) is 0 Å². The van der Waals surface area contributed by atoms with Gasteiger partial charge in [-0.25, -0.2) is 27.2 Å². The van der Waals surface area contributed by atoms with Gasteiger partial charge in [-0.3, -0.25) is 9.59 Å². The summed E-state index contributed by atoms with van der Waals surface area (Å²) in [6.45, 7) is 14.2. The van der Waals surface area contributed by atoms with E-state index in [0.29, 0.717) is 0 Å². The van der Waals surface area contributed by atoms with E-state index in [4.69, 9.17) is 14.5 Å². The predicted molar refractivity (Wildman–Crippen MR) is 205 cm³/mol. The average molecular weight is 788 g/mol. The number of alkyl halides is 1. The van der Waals surface area contributed by atoms with E-state index >= 15 is 8.78 Å². The zero-order chi connectivity index (χ0) is 40.9. The van der Waals surface area contributed by atoms with Gasteiger partial charge in [-0.15, -0.1) is 0 Å². The van der Waals surface area contributed by atoms with Gasteiger partial charge in [-0.1, -0.05) is 44.2 Å². The van der Waals surface area contributed by atoms with Crippen LogP contribution in [0.15, 0.2) is 59.1 Å². The lowest BCUT2D eigenvalue weighted by Gasteiger charge is -2.42. The van der Waals surface area contributed by atoms with Crippen LogP contribution in [0, 0.1) is 23.0 Å². The molecule has 2 aromatic carbocycles. The highest BCUT2D eigenvalue weighted by Gasteiger charge is 2.45. The number of halogens is 3. The number of hydrogen-bond acceptors (Lipinski definition) is 7. The highest BCUT2D eigenvalue weighted by Crippen LogP contribution is 2.43. The SMILES string of the molecule is CC(=O)OCC(=O)N(CC1CN(C(=O)OC(C)(C)C)CC1F)C(c1nc(-c2cc(F)ccc2F)cn1Cc1ccccc1)C(C)(C)C/C=N/S(=O)C(C)(C)C. The molecule has 1 saturated heterocycles. The number of benzene rings is 2. The molecule has 2 heterocycles. The smallest absolute Gasteiger partial charge is 0.410 e. The van der Waals surface area contributed by atoms with E-state index in [1.54, 1.807) is 52.3 Å². The molecule has 55 heavy (non-hydrogen) atoms. The molecular weight excluding hydrogens is 736 g/mol. The Morgan fingerprint density at radius 2 is 1.71 bits per heavy atom. The molecule has 1 fully saturated rings. The maximum absolute atomic E-state index is 16.0. The molecule has 0 radical (unpaired) electrons. The molecule has 4 rings (SSSR count). The van der Waals surface area contributed by atoms with E-state index in [1.807, 2.05) is 44.2 Å². The lowest BCUT2D eigenvalue weighted by atomic mass is 9.79. The standard InChI is InChI=1S/C40H52F3N5O6S/c1-26(49)53-25-34(50)48(22-28-21-47(23-32(28)43)37(51)54-38(2,3)4)35(40(8,9)17-18-44-55(52)39(5,6)7)36-45-33(30-19-29(41)15-16-31(30)42)24-46(36)20-27-13-11-10-12-14-27/h10-16,18-19,24,28,32,35H,17,20-23,25H2,1-9H3/b44-18+. The van der Waals surface area contributed by atoms with Crippen LogP contribution in [0.3, 0.4) is 0 Å². The Hall–Kier alpha value is -4.53. The largest absolute Gasteiger partial charge is 0.456 e. The van der Waals surface area contributed by atoms with Crippen LogP contribution in [-0.2, 0) is 36.6 Å². The number of hydrogen-bond donors (Lipinski definition) is 0. The highest BCUT2D eigenvalue weighted by molar-refractivity contribution is 7.85. The lowest BCUT2D eigenvalue weighted by Crippen LogP contribution is -2.48. The Bertz CT molecular complexity index is 1890. The number of carbonyl (C=O) groups excluding carboxylic acids is 3.